The molecule has 30 heavy (non-hydrogen) atoms. The summed E-state index contributed by atoms with van der Waals surface area (Å²) in [7, 11) is -2.04. The number of carbonyl (C=O) groups is 1. The molecular formula is C21H33NO7S. The molecule has 0 N–H and O–H groups in total. The first-order valence-corrected chi connectivity index (χ1v) is 11.8. The Hall–Kier alpha value is -2.00. The monoisotopic (exact) mass is 443 g/mol. The van der Waals surface area contributed by atoms with E-state index in [-0.39, 0.29) is 18.6 Å². The maximum absolute atomic E-state index is 12.7. The van der Waals surface area contributed by atoms with Crippen LogP contribution in [0.3, 0.4) is 0 Å². The Bertz CT molecular complexity index is 845. The molecule has 0 bridgehead atoms. The molecule has 2 rings (SSSR count). The molecule has 1 amide bonds. The van der Waals surface area contributed by atoms with Gasteiger partial charge in [-0.2, -0.15) is 8.42 Å². The molecule has 0 radical (unpaired) electrons. The summed E-state index contributed by atoms with van der Waals surface area (Å²) in [5.74, 6) is 1.24. The van der Waals surface area contributed by atoms with Crippen molar-refractivity contribution in [2.45, 2.75) is 64.7 Å². The summed E-state index contributed by atoms with van der Waals surface area (Å²) >= 11 is 0. The van der Waals surface area contributed by atoms with Crippen molar-refractivity contribution in [1.29, 1.82) is 0 Å². The molecule has 0 spiro atoms. The Morgan fingerprint density at radius 3 is 2.43 bits per heavy atom. The van der Waals surface area contributed by atoms with E-state index in [1.54, 1.807) is 32.8 Å². The van der Waals surface area contributed by atoms with E-state index in [0.29, 0.717) is 24.5 Å². The van der Waals surface area contributed by atoms with Crippen molar-refractivity contribution in [2.75, 3.05) is 26.5 Å². The van der Waals surface area contributed by atoms with E-state index < -0.39 is 27.9 Å². The summed E-state index contributed by atoms with van der Waals surface area (Å²) < 4.78 is 44.7. The highest BCUT2D eigenvalue weighted by Gasteiger charge is 2.39. The minimum atomic E-state index is -3.62. The number of likely N-dealkylation sites (tertiary alicyclic amines) is 1. The van der Waals surface area contributed by atoms with Gasteiger partial charge in [-0.25, -0.2) is 4.79 Å². The van der Waals surface area contributed by atoms with Gasteiger partial charge in [0.05, 0.1) is 32.1 Å². The smallest absolute Gasteiger partial charge is 0.410 e. The van der Waals surface area contributed by atoms with Crippen molar-refractivity contribution in [3.8, 4) is 11.5 Å². The van der Waals surface area contributed by atoms with Crippen molar-refractivity contribution in [2.24, 2.45) is 0 Å². The standard InChI is InChI=1S/C21H33NO7S/c1-14(2)28-19-11-15(8-9-18(19)26-6)16-10-17(13-27-30(7,24)25)22(12-16)20(23)29-21(3,4)5/h8-9,11,14,16-17H,10,12-13H2,1-7H3/t16-,17-/m1/s1. The summed E-state index contributed by atoms with van der Waals surface area (Å²) in [5.41, 5.74) is 0.317. The van der Waals surface area contributed by atoms with Crippen LogP contribution in [0.25, 0.3) is 0 Å². The van der Waals surface area contributed by atoms with E-state index in [2.05, 4.69) is 0 Å². The summed E-state index contributed by atoms with van der Waals surface area (Å²) in [6, 6.07) is 5.27. The molecule has 0 unspecified atom stereocenters. The van der Waals surface area contributed by atoms with Crippen LogP contribution < -0.4 is 9.47 Å². The number of amides is 1. The number of methoxy groups -OCH3 is 1. The molecule has 1 aromatic rings. The summed E-state index contributed by atoms with van der Waals surface area (Å²) in [5, 5.41) is 0. The van der Waals surface area contributed by atoms with Gasteiger partial charge in [-0.3, -0.25) is 4.18 Å². The first kappa shape index (κ1) is 24.3. The lowest BCUT2D eigenvalue weighted by Crippen LogP contribution is -2.42. The quantitative estimate of drug-likeness (QED) is 0.595. The van der Waals surface area contributed by atoms with E-state index in [1.165, 1.54) is 0 Å². The molecular weight excluding hydrogens is 410 g/mol. The number of nitrogens with zero attached hydrogens (tertiary/aromatic N) is 1. The molecule has 1 aliphatic rings. The third-order valence-corrected chi connectivity index (χ3v) is 5.10. The van der Waals surface area contributed by atoms with Gasteiger partial charge >= 0.3 is 6.09 Å². The average molecular weight is 444 g/mol. The molecule has 0 saturated carbocycles. The average Bonchev–Trinajstić information content (AvgIpc) is 3.02. The fraction of sp³-hybridized carbons (Fsp3) is 0.667. The Labute approximate surface area is 179 Å². The summed E-state index contributed by atoms with van der Waals surface area (Å²) in [6.07, 6.45) is 1.03. The predicted octanol–water partition coefficient (Wildman–Crippen LogP) is 3.55. The maximum atomic E-state index is 12.7. The first-order valence-electron chi connectivity index (χ1n) is 9.97. The van der Waals surface area contributed by atoms with Gasteiger partial charge in [-0.1, -0.05) is 6.07 Å². The van der Waals surface area contributed by atoms with E-state index in [1.807, 2.05) is 32.0 Å². The second kappa shape index (κ2) is 9.43. The topological polar surface area (TPSA) is 91.4 Å². The van der Waals surface area contributed by atoms with Crippen molar-refractivity contribution in [1.82, 2.24) is 4.90 Å². The highest BCUT2D eigenvalue weighted by molar-refractivity contribution is 7.85. The first-order chi connectivity index (χ1) is 13.8. The largest absolute Gasteiger partial charge is 0.493 e. The lowest BCUT2D eigenvalue weighted by Gasteiger charge is -2.28. The third-order valence-electron chi connectivity index (χ3n) is 4.54. The van der Waals surface area contributed by atoms with Crippen LogP contribution >= 0.6 is 0 Å². The molecule has 1 aromatic carbocycles. The van der Waals surface area contributed by atoms with Crippen LogP contribution in [0.2, 0.25) is 0 Å². The Morgan fingerprint density at radius 2 is 1.90 bits per heavy atom. The Balaban J connectivity index is 2.27. The molecule has 1 fully saturated rings. The van der Waals surface area contributed by atoms with E-state index >= 15 is 0 Å². The minimum Gasteiger partial charge on any atom is -0.493 e. The van der Waals surface area contributed by atoms with E-state index in [9.17, 15) is 13.2 Å². The predicted molar refractivity (Wildman–Crippen MR) is 114 cm³/mol. The van der Waals surface area contributed by atoms with Gasteiger partial charge in [0, 0.05) is 12.5 Å². The molecule has 0 aromatic heterocycles. The van der Waals surface area contributed by atoms with Gasteiger partial charge in [-0.15, -0.1) is 0 Å². The zero-order valence-corrected chi connectivity index (χ0v) is 19.6. The van der Waals surface area contributed by atoms with Gasteiger partial charge in [0.1, 0.15) is 5.60 Å². The molecule has 1 aliphatic heterocycles. The lowest BCUT2D eigenvalue weighted by atomic mass is 9.96. The van der Waals surface area contributed by atoms with Gasteiger partial charge in [0.2, 0.25) is 0 Å². The summed E-state index contributed by atoms with van der Waals surface area (Å²) in [6.45, 7) is 9.52. The summed E-state index contributed by atoms with van der Waals surface area (Å²) in [4.78, 5) is 14.3. The molecule has 0 aliphatic carbocycles. The maximum Gasteiger partial charge on any atom is 0.410 e. The van der Waals surface area contributed by atoms with Crippen LogP contribution in [0, 0.1) is 0 Å². The van der Waals surface area contributed by atoms with Crippen LogP contribution in [-0.4, -0.2) is 63.7 Å². The lowest BCUT2D eigenvalue weighted by molar-refractivity contribution is 0.0188. The normalized spacial score (nSPS) is 19.8. The van der Waals surface area contributed by atoms with Crippen molar-refractivity contribution < 1.29 is 31.6 Å². The van der Waals surface area contributed by atoms with Gasteiger partial charge < -0.3 is 19.1 Å². The number of carbonyl (C=O) groups excluding carboxylic acids is 1. The third kappa shape index (κ3) is 7.05. The molecule has 1 heterocycles. The van der Waals surface area contributed by atoms with E-state index in [4.69, 9.17) is 18.4 Å². The van der Waals surface area contributed by atoms with Crippen LogP contribution in [0.4, 0.5) is 4.79 Å². The van der Waals surface area contributed by atoms with Crippen LogP contribution in [0.15, 0.2) is 18.2 Å². The Kier molecular flexibility index (Phi) is 7.63. The molecule has 9 heteroatoms. The molecule has 8 nitrogen and oxygen atoms in total. The van der Waals surface area contributed by atoms with Crippen molar-refractivity contribution in [3.05, 3.63) is 23.8 Å². The highest BCUT2D eigenvalue weighted by Crippen LogP contribution is 2.37. The van der Waals surface area contributed by atoms with Crippen LogP contribution in [0.5, 0.6) is 11.5 Å². The fourth-order valence-corrected chi connectivity index (χ4v) is 3.76. The molecule has 1 saturated heterocycles. The number of benzene rings is 1. The number of hydrogen-bond donors (Lipinski definition) is 0. The number of rotatable bonds is 7. The highest BCUT2D eigenvalue weighted by atomic mass is 32.2. The SMILES string of the molecule is COc1ccc([C@@H]2C[C@H](COS(C)(=O)=O)N(C(=O)OC(C)(C)C)C2)cc1OC(C)C. The van der Waals surface area contributed by atoms with Crippen molar-refractivity contribution in [3.63, 3.8) is 0 Å². The Morgan fingerprint density at radius 1 is 1.23 bits per heavy atom. The van der Waals surface area contributed by atoms with Gasteiger partial charge in [-0.05, 0) is 58.7 Å². The van der Waals surface area contributed by atoms with Gasteiger partial charge in [0.25, 0.3) is 10.1 Å². The van der Waals surface area contributed by atoms with Gasteiger partial charge in [0.15, 0.2) is 11.5 Å². The fourth-order valence-electron chi connectivity index (χ4n) is 3.36. The number of ether oxygens (including phenoxy) is 3. The second-order valence-electron chi connectivity index (χ2n) is 8.78. The zero-order valence-electron chi connectivity index (χ0n) is 18.8. The van der Waals surface area contributed by atoms with Crippen LogP contribution in [-0.2, 0) is 19.0 Å². The van der Waals surface area contributed by atoms with Crippen LogP contribution in [0.1, 0.15) is 52.5 Å². The van der Waals surface area contributed by atoms with E-state index in [0.717, 1.165) is 11.8 Å². The number of hydrogen-bond acceptors (Lipinski definition) is 7. The molecule has 2 atom stereocenters. The van der Waals surface area contributed by atoms with Crippen molar-refractivity contribution >= 4 is 16.2 Å². The second-order valence-corrected chi connectivity index (χ2v) is 10.4. The molecule has 170 valence electrons. The zero-order chi connectivity index (χ0) is 22.7. The minimum absolute atomic E-state index is 0.0214.